The molecule has 0 bridgehead atoms. The molecule has 3 nitrogen and oxygen atoms in total. The smallest absolute Gasteiger partial charge is 0.160 e. The molecule has 0 saturated heterocycles. The van der Waals surface area contributed by atoms with E-state index in [0.29, 0.717) is 5.92 Å². The maximum Gasteiger partial charge on any atom is 0.160 e. The Balaban J connectivity index is 1.78. The van der Waals surface area contributed by atoms with Crippen molar-refractivity contribution in [2.24, 2.45) is 0 Å². The minimum Gasteiger partial charge on any atom is -0.497 e. The van der Waals surface area contributed by atoms with Gasteiger partial charge in [-0.3, -0.25) is 0 Å². The number of aromatic nitrogens is 2. The van der Waals surface area contributed by atoms with Crippen molar-refractivity contribution >= 4 is 0 Å². The molecule has 1 fully saturated rings. The van der Waals surface area contributed by atoms with E-state index in [9.17, 15) is 0 Å². The zero-order valence-corrected chi connectivity index (χ0v) is 15.2. The van der Waals surface area contributed by atoms with Crippen molar-refractivity contribution < 1.29 is 4.74 Å². The standard InChI is InChI=1S/C23H24N2O/c1-26-20-14-12-18(13-15-20)22-16-21(17-8-4-2-5-9-17)24-23(25-22)19-10-6-3-7-11-19/h3,6-7,10-17H,2,4-5,8-9H2,1H3. The van der Waals surface area contributed by atoms with Gasteiger partial charge in [0, 0.05) is 22.7 Å². The fourth-order valence-corrected chi connectivity index (χ4v) is 3.70. The van der Waals surface area contributed by atoms with Crippen molar-refractivity contribution in [2.45, 2.75) is 38.0 Å². The molecular formula is C23H24N2O. The Morgan fingerprint density at radius 3 is 2.23 bits per heavy atom. The molecular weight excluding hydrogens is 320 g/mol. The Bertz CT molecular complexity index is 853. The molecule has 2 aromatic carbocycles. The van der Waals surface area contributed by atoms with E-state index in [4.69, 9.17) is 14.7 Å². The van der Waals surface area contributed by atoms with Crippen LogP contribution < -0.4 is 4.74 Å². The minimum atomic E-state index is 0.547. The van der Waals surface area contributed by atoms with Gasteiger partial charge in [0.15, 0.2) is 5.82 Å². The van der Waals surface area contributed by atoms with Crippen LogP contribution in [0.15, 0.2) is 60.7 Å². The average molecular weight is 344 g/mol. The predicted molar refractivity (Wildman–Crippen MR) is 105 cm³/mol. The molecule has 0 radical (unpaired) electrons. The Kier molecular flexibility index (Phi) is 4.96. The van der Waals surface area contributed by atoms with Gasteiger partial charge in [0.1, 0.15) is 5.75 Å². The van der Waals surface area contributed by atoms with Crippen LogP contribution in [0.3, 0.4) is 0 Å². The topological polar surface area (TPSA) is 35.0 Å². The van der Waals surface area contributed by atoms with Gasteiger partial charge in [0.2, 0.25) is 0 Å². The monoisotopic (exact) mass is 344 g/mol. The first-order valence-corrected chi connectivity index (χ1v) is 9.42. The molecule has 0 spiro atoms. The number of ether oxygens (including phenoxy) is 1. The molecule has 1 aliphatic carbocycles. The van der Waals surface area contributed by atoms with Gasteiger partial charge in [0.05, 0.1) is 12.8 Å². The lowest BCUT2D eigenvalue weighted by Crippen LogP contribution is -2.08. The van der Waals surface area contributed by atoms with E-state index in [1.807, 2.05) is 30.3 Å². The predicted octanol–water partition coefficient (Wildman–Crippen LogP) is 5.87. The zero-order valence-electron chi connectivity index (χ0n) is 15.2. The van der Waals surface area contributed by atoms with Gasteiger partial charge >= 0.3 is 0 Å². The maximum absolute atomic E-state index is 5.28. The fraction of sp³-hybridized carbons (Fsp3) is 0.304. The van der Waals surface area contributed by atoms with Crippen LogP contribution >= 0.6 is 0 Å². The average Bonchev–Trinajstić information content (AvgIpc) is 2.75. The van der Waals surface area contributed by atoms with Crippen molar-refractivity contribution in [3.63, 3.8) is 0 Å². The molecule has 26 heavy (non-hydrogen) atoms. The van der Waals surface area contributed by atoms with Crippen LogP contribution in [0.4, 0.5) is 0 Å². The summed E-state index contributed by atoms with van der Waals surface area (Å²) in [5.41, 5.74) is 4.34. The van der Waals surface area contributed by atoms with Crippen molar-refractivity contribution in [3.8, 4) is 28.4 Å². The van der Waals surface area contributed by atoms with E-state index < -0.39 is 0 Å². The van der Waals surface area contributed by atoms with Crippen molar-refractivity contribution in [1.82, 2.24) is 9.97 Å². The molecule has 0 unspecified atom stereocenters. The number of methoxy groups -OCH3 is 1. The largest absolute Gasteiger partial charge is 0.497 e. The van der Waals surface area contributed by atoms with Gasteiger partial charge in [-0.25, -0.2) is 9.97 Å². The van der Waals surface area contributed by atoms with Crippen LogP contribution in [0.25, 0.3) is 22.6 Å². The van der Waals surface area contributed by atoms with Gasteiger partial charge < -0.3 is 4.74 Å². The van der Waals surface area contributed by atoms with Crippen molar-refractivity contribution in [3.05, 3.63) is 66.4 Å². The first-order chi connectivity index (χ1) is 12.8. The Hall–Kier alpha value is -2.68. The molecule has 1 aromatic heterocycles. The second-order valence-electron chi connectivity index (χ2n) is 6.93. The first kappa shape index (κ1) is 16.8. The van der Waals surface area contributed by atoms with Crippen molar-refractivity contribution in [1.29, 1.82) is 0 Å². The molecule has 0 aliphatic heterocycles. The molecule has 1 heterocycles. The number of hydrogen-bond donors (Lipinski definition) is 0. The third-order valence-corrected chi connectivity index (χ3v) is 5.19. The van der Waals surface area contributed by atoms with Crippen LogP contribution in [0.2, 0.25) is 0 Å². The Morgan fingerprint density at radius 1 is 0.808 bits per heavy atom. The summed E-state index contributed by atoms with van der Waals surface area (Å²) >= 11 is 0. The molecule has 0 N–H and O–H groups in total. The normalized spacial score (nSPS) is 15.0. The van der Waals surface area contributed by atoms with E-state index in [1.165, 1.54) is 37.8 Å². The zero-order chi connectivity index (χ0) is 17.8. The Morgan fingerprint density at radius 2 is 1.54 bits per heavy atom. The molecule has 4 rings (SSSR count). The summed E-state index contributed by atoms with van der Waals surface area (Å²) < 4.78 is 5.28. The Labute approximate surface area is 155 Å². The summed E-state index contributed by atoms with van der Waals surface area (Å²) in [5.74, 6) is 2.23. The highest BCUT2D eigenvalue weighted by atomic mass is 16.5. The fourth-order valence-electron chi connectivity index (χ4n) is 3.70. The third kappa shape index (κ3) is 3.62. The van der Waals surface area contributed by atoms with E-state index in [2.05, 4.69) is 30.3 Å². The third-order valence-electron chi connectivity index (χ3n) is 5.19. The lowest BCUT2D eigenvalue weighted by atomic mass is 9.86. The molecule has 0 amide bonds. The SMILES string of the molecule is COc1ccc(-c2cc(C3CCCCC3)nc(-c3ccccc3)n2)cc1. The molecule has 1 saturated carbocycles. The minimum absolute atomic E-state index is 0.547. The van der Waals surface area contributed by atoms with Crippen LogP contribution in [0, 0.1) is 0 Å². The van der Waals surface area contributed by atoms with Gasteiger partial charge in [-0.05, 0) is 43.2 Å². The van der Waals surface area contributed by atoms with Crippen LogP contribution in [0.5, 0.6) is 5.75 Å². The van der Waals surface area contributed by atoms with Crippen LogP contribution in [-0.4, -0.2) is 17.1 Å². The van der Waals surface area contributed by atoms with Gasteiger partial charge in [-0.15, -0.1) is 0 Å². The van der Waals surface area contributed by atoms with E-state index in [1.54, 1.807) is 7.11 Å². The lowest BCUT2D eigenvalue weighted by molar-refractivity contribution is 0.415. The molecule has 0 atom stereocenters. The number of nitrogens with zero attached hydrogens (tertiary/aromatic N) is 2. The van der Waals surface area contributed by atoms with E-state index in [0.717, 1.165) is 28.4 Å². The lowest BCUT2D eigenvalue weighted by Gasteiger charge is -2.22. The van der Waals surface area contributed by atoms with Gasteiger partial charge in [-0.2, -0.15) is 0 Å². The van der Waals surface area contributed by atoms with Gasteiger partial charge in [-0.1, -0.05) is 49.6 Å². The summed E-state index contributed by atoms with van der Waals surface area (Å²) in [7, 11) is 1.69. The summed E-state index contributed by atoms with van der Waals surface area (Å²) in [5, 5.41) is 0. The maximum atomic E-state index is 5.28. The van der Waals surface area contributed by atoms with E-state index in [-0.39, 0.29) is 0 Å². The molecule has 1 aliphatic rings. The van der Waals surface area contributed by atoms with E-state index >= 15 is 0 Å². The number of rotatable bonds is 4. The number of hydrogen-bond acceptors (Lipinski definition) is 3. The highest BCUT2D eigenvalue weighted by Crippen LogP contribution is 2.34. The van der Waals surface area contributed by atoms with Crippen LogP contribution in [-0.2, 0) is 0 Å². The molecule has 3 heteroatoms. The highest BCUT2D eigenvalue weighted by Gasteiger charge is 2.19. The summed E-state index contributed by atoms with van der Waals surface area (Å²) in [4.78, 5) is 9.82. The molecule has 3 aromatic rings. The second kappa shape index (κ2) is 7.69. The van der Waals surface area contributed by atoms with Crippen molar-refractivity contribution in [2.75, 3.05) is 7.11 Å². The second-order valence-corrected chi connectivity index (χ2v) is 6.93. The summed E-state index contributed by atoms with van der Waals surface area (Å²) in [6, 6.07) is 20.6. The first-order valence-electron chi connectivity index (χ1n) is 9.42. The van der Waals surface area contributed by atoms with Crippen LogP contribution in [0.1, 0.15) is 43.7 Å². The number of benzene rings is 2. The quantitative estimate of drug-likeness (QED) is 0.594. The highest BCUT2D eigenvalue weighted by molar-refractivity contribution is 5.65. The van der Waals surface area contributed by atoms with Gasteiger partial charge in [0.25, 0.3) is 0 Å². The molecule has 132 valence electrons. The summed E-state index contributed by atoms with van der Waals surface area (Å²) in [6.45, 7) is 0. The summed E-state index contributed by atoms with van der Waals surface area (Å²) in [6.07, 6.45) is 6.40.